The molecule has 0 spiro atoms. The summed E-state index contributed by atoms with van der Waals surface area (Å²) in [7, 11) is 0. The van der Waals surface area contributed by atoms with Gasteiger partial charge in [0, 0.05) is 17.0 Å². The van der Waals surface area contributed by atoms with Gasteiger partial charge in [-0.3, -0.25) is 0 Å². The summed E-state index contributed by atoms with van der Waals surface area (Å²) in [5, 5.41) is 4.50. The van der Waals surface area contributed by atoms with Crippen molar-refractivity contribution >= 4 is 11.6 Å². The summed E-state index contributed by atoms with van der Waals surface area (Å²) in [4.78, 5) is 0. The topological polar surface area (TPSA) is 21.3 Å². The van der Waals surface area contributed by atoms with Crippen molar-refractivity contribution in [1.29, 1.82) is 0 Å². The third-order valence-electron chi connectivity index (χ3n) is 4.53. The molecular formula is C17H26ClNO. The third kappa shape index (κ3) is 3.36. The fourth-order valence-corrected chi connectivity index (χ4v) is 3.54. The lowest BCUT2D eigenvalue weighted by atomic mass is 9.80. The second-order valence-electron chi connectivity index (χ2n) is 5.97. The first kappa shape index (κ1) is 15.8. The van der Waals surface area contributed by atoms with E-state index in [2.05, 4.69) is 45.1 Å². The maximum Gasteiger partial charge on any atom is 0.0600 e. The van der Waals surface area contributed by atoms with E-state index in [0.29, 0.717) is 24.0 Å². The Bertz CT molecular complexity index is 437. The zero-order valence-corrected chi connectivity index (χ0v) is 13.7. The normalized spacial score (nSPS) is 31.4. The Morgan fingerprint density at radius 3 is 2.55 bits per heavy atom. The second-order valence-corrected chi connectivity index (χ2v) is 6.41. The van der Waals surface area contributed by atoms with Crippen molar-refractivity contribution in [2.24, 2.45) is 11.8 Å². The molecule has 0 aromatic heterocycles. The van der Waals surface area contributed by atoms with Gasteiger partial charge in [-0.25, -0.2) is 0 Å². The van der Waals surface area contributed by atoms with Crippen LogP contribution in [0.1, 0.15) is 45.7 Å². The number of hydrogen-bond donors (Lipinski definition) is 1. The van der Waals surface area contributed by atoms with Crippen LogP contribution in [0.4, 0.5) is 0 Å². The van der Waals surface area contributed by atoms with Crippen LogP contribution in [-0.2, 0) is 4.74 Å². The minimum absolute atomic E-state index is 0.272. The number of benzene rings is 1. The van der Waals surface area contributed by atoms with E-state index in [1.807, 2.05) is 12.1 Å². The number of rotatable bonds is 5. The van der Waals surface area contributed by atoms with Gasteiger partial charge in [0.1, 0.15) is 0 Å². The molecule has 1 aliphatic heterocycles. The molecule has 5 atom stereocenters. The van der Waals surface area contributed by atoms with Crippen LogP contribution in [0.2, 0.25) is 5.02 Å². The molecule has 0 bridgehead atoms. The summed E-state index contributed by atoms with van der Waals surface area (Å²) in [6, 6.07) is 8.53. The molecule has 5 unspecified atom stereocenters. The first-order valence-electron chi connectivity index (χ1n) is 7.69. The van der Waals surface area contributed by atoms with E-state index < -0.39 is 0 Å². The predicted molar refractivity (Wildman–Crippen MR) is 85.1 cm³/mol. The minimum atomic E-state index is 0.272. The molecule has 0 aliphatic carbocycles. The van der Waals surface area contributed by atoms with Crippen molar-refractivity contribution in [3.05, 3.63) is 34.9 Å². The number of nitrogens with one attached hydrogen (secondary N) is 1. The predicted octanol–water partition coefficient (Wildman–Crippen LogP) is 4.44. The summed E-state index contributed by atoms with van der Waals surface area (Å²) < 4.78 is 6.03. The fourth-order valence-electron chi connectivity index (χ4n) is 3.34. The van der Waals surface area contributed by atoms with Gasteiger partial charge in [0.2, 0.25) is 0 Å². The summed E-state index contributed by atoms with van der Waals surface area (Å²) in [5.74, 6) is 1.02. The lowest BCUT2D eigenvalue weighted by molar-refractivity contribution is 0.0475. The Morgan fingerprint density at radius 2 is 2.00 bits per heavy atom. The smallest absolute Gasteiger partial charge is 0.0600 e. The van der Waals surface area contributed by atoms with Crippen LogP contribution >= 0.6 is 11.6 Å². The van der Waals surface area contributed by atoms with E-state index in [-0.39, 0.29) is 6.10 Å². The molecule has 1 aliphatic rings. The molecule has 112 valence electrons. The van der Waals surface area contributed by atoms with Crippen LogP contribution < -0.4 is 5.32 Å². The van der Waals surface area contributed by atoms with Crippen LogP contribution in [0.5, 0.6) is 0 Å². The molecule has 1 saturated heterocycles. The maximum absolute atomic E-state index is 6.17. The van der Waals surface area contributed by atoms with Gasteiger partial charge in [0.05, 0.1) is 12.2 Å². The molecule has 1 fully saturated rings. The van der Waals surface area contributed by atoms with E-state index >= 15 is 0 Å². The third-order valence-corrected chi connectivity index (χ3v) is 4.76. The van der Waals surface area contributed by atoms with Gasteiger partial charge >= 0.3 is 0 Å². The Labute approximate surface area is 127 Å². The highest BCUT2D eigenvalue weighted by Crippen LogP contribution is 2.40. The van der Waals surface area contributed by atoms with Gasteiger partial charge < -0.3 is 10.1 Å². The second kappa shape index (κ2) is 6.93. The van der Waals surface area contributed by atoms with Crippen molar-refractivity contribution < 1.29 is 4.74 Å². The van der Waals surface area contributed by atoms with Gasteiger partial charge in [0.25, 0.3) is 0 Å². The summed E-state index contributed by atoms with van der Waals surface area (Å²) in [6.07, 6.45) is 1.72. The van der Waals surface area contributed by atoms with Crippen LogP contribution in [0, 0.1) is 11.8 Å². The van der Waals surface area contributed by atoms with Crippen LogP contribution in [0.3, 0.4) is 0 Å². The molecule has 1 aromatic rings. The van der Waals surface area contributed by atoms with E-state index in [4.69, 9.17) is 16.3 Å². The Hall–Kier alpha value is -0.570. The highest BCUT2D eigenvalue weighted by atomic mass is 35.5. The van der Waals surface area contributed by atoms with E-state index in [9.17, 15) is 0 Å². The molecule has 2 rings (SSSR count). The number of hydrogen-bond acceptors (Lipinski definition) is 2. The fraction of sp³-hybridized carbons (Fsp3) is 0.647. The van der Waals surface area contributed by atoms with Crippen molar-refractivity contribution in [2.45, 2.75) is 52.4 Å². The standard InChI is InChI=1S/C17H26ClNO/c1-5-9-19-17(14-7-6-8-15(18)10-14)16-11(2)12(3)20-13(16)4/h6-8,10-13,16-17,19H,5,9H2,1-4H3. The van der Waals surface area contributed by atoms with Crippen molar-refractivity contribution in [2.75, 3.05) is 6.54 Å². The van der Waals surface area contributed by atoms with Gasteiger partial charge in [-0.05, 0) is 50.4 Å². The maximum atomic E-state index is 6.17. The Kier molecular flexibility index (Phi) is 5.48. The first-order chi connectivity index (χ1) is 9.54. The zero-order chi connectivity index (χ0) is 14.7. The molecule has 2 nitrogen and oxygen atoms in total. The molecule has 1 aromatic carbocycles. The molecule has 3 heteroatoms. The van der Waals surface area contributed by atoms with Crippen LogP contribution in [-0.4, -0.2) is 18.8 Å². The highest BCUT2D eigenvalue weighted by Gasteiger charge is 2.41. The van der Waals surface area contributed by atoms with E-state index in [1.165, 1.54) is 5.56 Å². The van der Waals surface area contributed by atoms with Crippen molar-refractivity contribution in [1.82, 2.24) is 5.32 Å². The minimum Gasteiger partial charge on any atom is -0.375 e. The molecule has 0 saturated carbocycles. The monoisotopic (exact) mass is 295 g/mol. The number of halogens is 1. The van der Waals surface area contributed by atoms with Gasteiger partial charge in [-0.1, -0.05) is 37.6 Å². The molecule has 1 heterocycles. The zero-order valence-electron chi connectivity index (χ0n) is 12.9. The molecule has 20 heavy (non-hydrogen) atoms. The van der Waals surface area contributed by atoms with Gasteiger partial charge in [-0.2, -0.15) is 0 Å². The summed E-state index contributed by atoms with van der Waals surface area (Å²) in [6.45, 7) is 9.88. The van der Waals surface area contributed by atoms with Gasteiger partial charge in [-0.15, -0.1) is 0 Å². The van der Waals surface area contributed by atoms with E-state index in [1.54, 1.807) is 0 Å². The average molecular weight is 296 g/mol. The molecule has 0 amide bonds. The van der Waals surface area contributed by atoms with Gasteiger partial charge in [0.15, 0.2) is 0 Å². The molecule has 1 N–H and O–H groups in total. The SMILES string of the molecule is CCCNC(c1cccc(Cl)c1)C1C(C)OC(C)C1C. The van der Waals surface area contributed by atoms with Crippen LogP contribution in [0.15, 0.2) is 24.3 Å². The number of ether oxygens (including phenoxy) is 1. The quantitative estimate of drug-likeness (QED) is 0.867. The van der Waals surface area contributed by atoms with Crippen LogP contribution in [0.25, 0.3) is 0 Å². The largest absolute Gasteiger partial charge is 0.375 e. The van der Waals surface area contributed by atoms with Crippen molar-refractivity contribution in [3.8, 4) is 0 Å². The van der Waals surface area contributed by atoms with E-state index in [0.717, 1.165) is 18.0 Å². The Morgan fingerprint density at radius 1 is 1.25 bits per heavy atom. The first-order valence-corrected chi connectivity index (χ1v) is 8.06. The average Bonchev–Trinajstić information content (AvgIpc) is 2.66. The van der Waals surface area contributed by atoms with Crippen molar-refractivity contribution in [3.63, 3.8) is 0 Å². The summed E-state index contributed by atoms with van der Waals surface area (Å²) >= 11 is 6.17. The molecular weight excluding hydrogens is 270 g/mol. The Balaban J connectivity index is 2.27. The lowest BCUT2D eigenvalue weighted by Crippen LogP contribution is -2.35. The lowest BCUT2D eigenvalue weighted by Gasteiger charge is -2.30. The highest BCUT2D eigenvalue weighted by molar-refractivity contribution is 6.30. The summed E-state index contributed by atoms with van der Waals surface area (Å²) in [5.41, 5.74) is 1.27. The molecule has 0 radical (unpaired) electrons.